The molecule has 0 radical (unpaired) electrons. The highest BCUT2D eigenvalue weighted by atomic mass is 16.5. The summed E-state index contributed by atoms with van der Waals surface area (Å²) in [6.07, 6.45) is 5.16. The molecule has 1 saturated heterocycles. The first-order chi connectivity index (χ1) is 14.1. The predicted octanol–water partition coefficient (Wildman–Crippen LogP) is 1.75. The molecule has 158 valence electrons. The summed E-state index contributed by atoms with van der Waals surface area (Å²) in [5, 5.41) is 16.7. The smallest absolute Gasteiger partial charge is 0.194 e. The van der Waals surface area contributed by atoms with Crippen LogP contribution in [0.1, 0.15) is 30.4 Å². The van der Waals surface area contributed by atoms with Gasteiger partial charge in [-0.05, 0) is 36.6 Å². The van der Waals surface area contributed by atoms with Crippen molar-refractivity contribution in [2.45, 2.75) is 25.8 Å². The minimum absolute atomic E-state index is 0.0306. The number of ether oxygens (including phenoxy) is 2. The Morgan fingerprint density at radius 2 is 2.24 bits per heavy atom. The number of guanidine groups is 1. The van der Waals surface area contributed by atoms with Gasteiger partial charge in [-0.2, -0.15) is 5.10 Å². The summed E-state index contributed by atoms with van der Waals surface area (Å²) in [5.74, 6) is 2.68. The number of nitrogens with one attached hydrogen (secondary N) is 1. The zero-order valence-electron chi connectivity index (χ0n) is 17.5. The molecule has 29 heavy (non-hydrogen) atoms. The van der Waals surface area contributed by atoms with Gasteiger partial charge in [-0.15, -0.1) is 0 Å². The zero-order chi connectivity index (χ0) is 20.6. The van der Waals surface area contributed by atoms with Crippen LogP contribution in [0.15, 0.2) is 35.6 Å². The number of aromatic nitrogens is 2. The monoisotopic (exact) mass is 401 g/mol. The van der Waals surface area contributed by atoms with Gasteiger partial charge in [0.25, 0.3) is 0 Å². The molecule has 0 spiro atoms. The van der Waals surface area contributed by atoms with E-state index < -0.39 is 0 Å². The molecular formula is C21H31N5O3. The second-order valence-electron chi connectivity index (χ2n) is 7.11. The Morgan fingerprint density at radius 1 is 1.38 bits per heavy atom. The molecule has 8 heteroatoms. The lowest BCUT2D eigenvalue weighted by Gasteiger charge is -2.21. The van der Waals surface area contributed by atoms with Gasteiger partial charge in [0.15, 0.2) is 17.5 Å². The molecule has 3 rings (SSSR count). The fourth-order valence-electron chi connectivity index (χ4n) is 3.55. The topological polar surface area (TPSA) is 84.1 Å². The van der Waals surface area contributed by atoms with Crippen molar-refractivity contribution in [1.82, 2.24) is 20.0 Å². The number of aliphatic hydroxyl groups excluding tert-OH is 1. The van der Waals surface area contributed by atoms with Crippen LogP contribution >= 0.6 is 0 Å². The first-order valence-electron chi connectivity index (χ1n) is 10.1. The van der Waals surface area contributed by atoms with Crippen LogP contribution in [0.3, 0.4) is 0 Å². The SMILES string of the molecule is CCNC(=NCc1ccc(OCCO)c(OC)c1)N1CCC(c2cnn(C)c2)C1. The van der Waals surface area contributed by atoms with Crippen LogP contribution in [-0.4, -0.2) is 65.7 Å². The lowest BCUT2D eigenvalue weighted by molar-refractivity contribution is 0.196. The normalized spacial score (nSPS) is 16.9. The quantitative estimate of drug-likeness (QED) is 0.518. The van der Waals surface area contributed by atoms with Crippen LogP contribution in [0.2, 0.25) is 0 Å². The van der Waals surface area contributed by atoms with Gasteiger partial charge >= 0.3 is 0 Å². The molecule has 1 aromatic carbocycles. The van der Waals surface area contributed by atoms with Crippen LogP contribution in [0.25, 0.3) is 0 Å². The number of benzene rings is 1. The molecule has 2 aromatic rings. The van der Waals surface area contributed by atoms with Crippen LogP contribution in [0, 0.1) is 0 Å². The number of hydrogen-bond acceptors (Lipinski definition) is 5. The van der Waals surface area contributed by atoms with Crippen molar-refractivity contribution in [2.75, 3.05) is 40.0 Å². The van der Waals surface area contributed by atoms with E-state index in [1.54, 1.807) is 7.11 Å². The first-order valence-corrected chi connectivity index (χ1v) is 10.1. The average molecular weight is 402 g/mol. The van der Waals surface area contributed by atoms with E-state index in [4.69, 9.17) is 19.6 Å². The van der Waals surface area contributed by atoms with Crippen molar-refractivity contribution < 1.29 is 14.6 Å². The maximum atomic E-state index is 8.94. The molecule has 1 aromatic heterocycles. The summed E-state index contributed by atoms with van der Waals surface area (Å²) in [6.45, 7) is 5.58. The van der Waals surface area contributed by atoms with Crippen molar-refractivity contribution in [3.63, 3.8) is 0 Å². The highest BCUT2D eigenvalue weighted by Crippen LogP contribution is 2.29. The highest BCUT2D eigenvalue weighted by Gasteiger charge is 2.26. The van der Waals surface area contributed by atoms with Gasteiger partial charge in [-0.25, -0.2) is 4.99 Å². The number of hydrogen-bond donors (Lipinski definition) is 2. The number of methoxy groups -OCH3 is 1. The first kappa shape index (κ1) is 21.0. The number of nitrogens with zero attached hydrogens (tertiary/aromatic N) is 4. The fraction of sp³-hybridized carbons (Fsp3) is 0.524. The summed E-state index contributed by atoms with van der Waals surface area (Å²) in [4.78, 5) is 7.16. The number of rotatable bonds is 8. The molecule has 0 amide bonds. The average Bonchev–Trinajstić information content (AvgIpc) is 3.39. The third-order valence-corrected chi connectivity index (χ3v) is 5.01. The van der Waals surface area contributed by atoms with Gasteiger partial charge in [0.05, 0.1) is 26.5 Å². The lowest BCUT2D eigenvalue weighted by Crippen LogP contribution is -2.40. The molecule has 1 unspecified atom stereocenters. The summed E-state index contributed by atoms with van der Waals surface area (Å²) in [6, 6.07) is 5.77. The molecule has 0 saturated carbocycles. The Morgan fingerprint density at radius 3 is 2.93 bits per heavy atom. The standard InChI is InChI=1S/C21H31N5O3/c1-4-22-21(26-8-7-17(15-26)18-13-24-25(2)14-18)23-12-16-5-6-19(29-10-9-27)20(11-16)28-3/h5-6,11,13-14,17,27H,4,7-10,12,15H2,1-3H3,(H,22,23). The number of aliphatic imine (C=N–C) groups is 1. The van der Waals surface area contributed by atoms with Crippen molar-refractivity contribution >= 4 is 5.96 Å². The Bertz CT molecular complexity index is 820. The summed E-state index contributed by atoms with van der Waals surface area (Å²) in [7, 11) is 3.57. The number of aliphatic hydroxyl groups is 1. The number of likely N-dealkylation sites (tertiary alicyclic amines) is 1. The summed E-state index contributed by atoms with van der Waals surface area (Å²) in [5.41, 5.74) is 2.32. The van der Waals surface area contributed by atoms with Crippen LogP contribution in [0.4, 0.5) is 0 Å². The minimum Gasteiger partial charge on any atom is -0.493 e. The van der Waals surface area contributed by atoms with Gasteiger partial charge in [0, 0.05) is 38.8 Å². The van der Waals surface area contributed by atoms with Gasteiger partial charge in [0.1, 0.15) is 6.61 Å². The molecule has 0 bridgehead atoms. The molecular weight excluding hydrogens is 370 g/mol. The number of aryl methyl sites for hydroxylation is 1. The van der Waals surface area contributed by atoms with E-state index in [1.807, 2.05) is 36.1 Å². The Balaban J connectivity index is 1.68. The van der Waals surface area contributed by atoms with E-state index >= 15 is 0 Å². The highest BCUT2D eigenvalue weighted by molar-refractivity contribution is 5.80. The third kappa shape index (κ3) is 5.41. The largest absolute Gasteiger partial charge is 0.493 e. The van der Waals surface area contributed by atoms with Crippen LogP contribution < -0.4 is 14.8 Å². The van der Waals surface area contributed by atoms with Crippen molar-refractivity contribution in [2.24, 2.45) is 12.0 Å². The third-order valence-electron chi connectivity index (χ3n) is 5.01. The molecule has 1 aliphatic rings. The van der Waals surface area contributed by atoms with E-state index in [2.05, 4.69) is 28.4 Å². The van der Waals surface area contributed by atoms with Gasteiger partial charge in [-0.3, -0.25) is 4.68 Å². The van der Waals surface area contributed by atoms with E-state index in [1.165, 1.54) is 5.56 Å². The van der Waals surface area contributed by atoms with Gasteiger partial charge in [0.2, 0.25) is 0 Å². The van der Waals surface area contributed by atoms with E-state index in [0.717, 1.165) is 37.6 Å². The minimum atomic E-state index is -0.0306. The fourth-order valence-corrected chi connectivity index (χ4v) is 3.55. The maximum Gasteiger partial charge on any atom is 0.194 e. The molecule has 1 atom stereocenters. The second-order valence-corrected chi connectivity index (χ2v) is 7.11. The van der Waals surface area contributed by atoms with E-state index in [9.17, 15) is 0 Å². The molecule has 2 N–H and O–H groups in total. The van der Waals surface area contributed by atoms with Gasteiger partial charge in [-0.1, -0.05) is 6.07 Å². The zero-order valence-corrected chi connectivity index (χ0v) is 17.5. The molecule has 1 fully saturated rings. The Hall–Kier alpha value is -2.74. The van der Waals surface area contributed by atoms with Crippen molar-refractivity contribution in [1.29, 1.82) is 0 Å². The lowest BCUT2D eigenvalue weighted by atomic mass is 10.0. The Kier molecular flexibility index (Phi) is 7.35. The van der Waals surface area contributed by atoms with Crippen LogP contribution in [0.5, 0.6) is 11.5 Å². The van der Waals surface area contributed by atoms with E-state index in [0.29, 0.717) is 24.0 Å². The molecule has 8 nitrogen and oxygen atoms in total. The maximum absolute atomic E-state index is 8.94. The van der Waals surface area contributed by atoms with Gasteiger partial charge < -0.3 is 24.8 Å². The molecule has 2 heterocycles. The van der Waals surface area contributed by atoms with Crippen molar-refractivity contribution in [3.8, 4) is 11.5 Å². The molecule has 0 aliphatic carbocycles. The predicted molar refractivity (Wildman–Crippen MR) is 113 cm³/mol. The second kappa shape index (κ2) is 10.2. The van der Waals surface area contributed by atoms with Crippen LogP contribution in [-0.2, 0) is 13.6 Å². The Labute approximate surface area is 172 Å². The molecule has 1 aliphatic heterocycles. The summed E-state index contributed by atoms with van der Waals surface area (Å²) < 4.78 is 12.8. The summed E-state index contributed by atoms with van der Waals surface area (Å²) >= 11 is 0. The van der Waals surface area contributed by atoms with Crippen molar-refractivity contribution in [3.05, 3.63) is 41.7 Å². The van der Waals surface area contributed by atoms with E-state index in [-0.39, 0.29) is 13.2 Å².